The molecule has 0 saturated carbocycles. The highest BCUT2D eigenvalue weighted by atomic mass is 32.2. The zero-order valence-corrected chi connectivity index (χ0v) is 19.1. The predicted molar refractivity (Wildman–Crippen MR) is 121 cm³/mol. The van der Waals surface area contributed by atoms with Gasteiger partial charge in [-0.3, -0.25) is 9.10 Å². The van der Waals surface area contributed by atoms with Crippen LogP contribution in [0.5, 0.6) is 11.5 Å². The number of amides is 1. The van der Waals surface area contributed by atoms with E-state index < -0.39 is 10.0 Å². The second-order valence-electron chi connectivity index (χ2n) is 7.65. The van der Waals surface area contributed by atoms with Crippen molar-refractivity contribution in [1.82, 2.24) is 5.32 Å². The zero-order valence-electron chi connectivity index (χ0n) is 18.3. The van der Waals surface area contributed by atoms with Gasteiger partial charge in [0.05, 0.1) is 18.0 Å². The molecule has 2 aromatic rings. The molecule has 31 heavy (non-hydrogen) atoms. The second kappa shape index (κ2) is 10.0. The summed E-state index contributed by atoms with van der Waals surface area (Å²) in [6, 6.07) is 12.9. The maximum absolute atomic E-state index is 12.4. The Morgan fingerprint density at radius 2 is 1.77 bits per heavy atom. The summed E-state index contributed by atoms with van der Waals surface area (Å²) in [5, 5.41) is 2.97. The van der Waals surface area contributed by atoms with Crippen LogP contribution in [0.25, 0.3) is 0 Å². The molecule has 0 fully saturated rings. The van der Waals surface area contributed by atoms with Gasteiger partial charge in [0.1, 0.15) is 13.2 Å². The van der Waals surface area contributed by atoms with E-state index in [2.05, 4.69) is 5.32 Å². The van der Waals surface area contributed by atoms with E-state index in [0.29, 0.717) is 36.8 Å². The van der Waals surface area contributed by atoms with Crippen LogP contribution in [0.2, 0.25) is 0 Å². The number of hydrogen-bond donors (Lipinski definition) is 1. The summed E-state index contributed by atoms with van der Waals surface area (Å²) < 4.78 is 37.0. The van der Waals surface area contributed by atoms with Gasteiger partial charge in [0.15, 0.2) is 11.5 Å². The van der Waals surface area contributed by atoms with E-state index in [9.17, 15) is 13.2 Å². The molecule has 2 aromatic carbocycles. The molecule has 1 atom stereocenters. The van der Waals surface area contributed by atoms with Crippen LogP contribution >= 0.6 is 0 Å². The average Bonchev–Trinajstić information content (AvgIpc) is 2.75. The van der Waals surface area contributed by atoms with Gasteiger partial charge in [-0.1, -0.05) is 25.1 Å². The van der Waals surface area contributed by atoms with E-state index in [1.165, 1.54) is 10.6 Å². The summed E-state index contributed by atoms with van der Waals surface area (Å²) in [7, 11) is -3.43. The Morgan fingerprint density at radius 3 is 2.42 bits per heavy atom. The van der Waals surface area contributed by atoms with Crippen molar-refractivity contribution in [3.8, 4) is 11.5 Å². The minimum atomic E-state index is -3.43. The van der Waals surface area contributed by atoms with E-state index in [1.807, 2.05) is 56.3 Å². The number of carbonyl (C=O) groups is 1. The second-order valence-corrected chi connectivity index (χ2v) is 9.56. The third-order valence-corrected chi connectivity index (χ3v) is 6.44. The molecule has 1 N–H and O–H groups in total. The molecule has 7 nitrogen and oxygen atoms in total. The lowest BCUT2D eigenvalue weighted by molar-refractivity contribution is -0.121. The lowest BCUT2D eigenvalue weighted by atomic mass is 10.1. The van der Waals surface area contributed by atoms with Gasteiger partial charge in [-0.15, -0.1) is 0 Å². The van der Waals surface area contributed by atoms with Crippen LogP contribution in [-0.2, 0) is 21.2 Å². The first-order valence-corrected chi connectivity index (χ1v) is 12.4. The third-order valence-electron chi connectivity index (χ3n) is 5.24. The van der Waals surface area contributed by atoms with Crippen LogP contribution in [0, 0.1) is 0 Å². The number of fused-ring (bicyclic) bond motifs is 1. The van der Waals surface area contributed by atoms with Gasteiger partial charge in [0, 0.05) is 13.0 Å². The molecule has 1 aliphatic rings. The summed E-state index contributed by atoms with van der Waals surface area (Å²) in [5.41, 5.74) is 2.68. The third kappa shape index (κ3) is 6.13. The fraction of sp³-hybridized carbons (Fsp3) is 0.435. The minimum Gasteiger partial charge on any atom is -0.486 e. The number of sulfonamides is 1. The number of carbonyl (C=O) groups excluding carboxylic acids is 1. The molecule has 1 heterocycles. The summed E-state index contributed by atoms with van der Waals surface area (Å²) in [4.78, 5) is 12.4. The Kier molecular flexibility index (Phi) is 7.43. The molecule has 8 heteroatoms. The number of ether oxygens (including phenoxy) is 2. The Morgan fingerprint density at radius 1 is 1.10 bits per heavy atom. The highest BCUT2D eigenvalue weighted by Gasteiger charge is 2.19. The highest BCUT2D eigenvalue weighted by Crippen LogP contribution is 2.32. The standard InChI is InChI=1S/C23H30N2O5S/c1-4-18-7-10-20(11-8-18)25(31(3,27)28)13-5-6-23(26)24-17(2)19-9-12-21-22(16-19)30-15-14-29-21/h7-12,16-17H,4-6,13-15H2,1-3H3,(H,24,26)/t17-/m1/s1. The Labute approximate surface area is 184 Å². The predicted octanol–water partition coefficient (Wildman–Crippen LogP) is 3.44. The number of rotatable bonds is 9. The molecule has 0 saturated heterocycles. The minimum absolute atomic E-state index is 0.128. The van der Waals surface area contributed by atoms with Gasteiger partial charge in [0.2, 0.25) is 15.9 Å². The molecule has 168 valence electrons. The van der Waals surface area contributed by atoms with Crippen LogP contribution < -0.4 is 19.1 Å². The number of anilines is 1. The van der Waals surface area contributed by atoms with Gasteiger partial charge >= 0.3 is 0 Å². The van der Waals surface area contributed by atoms with Crippen molar-refractivity contribution >= 4 is 21.6 Å². The van der Waals surface area contributed by atoms with Crippen molar-refractivity contribution < 1.29 is 22.7 Å². The Balaban J connectivity index is 1.55. The Hall–Kier alpha value is -2.74. The topological polar surface area (TPSA) is 84.9 Å². The molecule has 0 aromatic heterocycles. The average molecular weight is 447 g/mol. The summed E-state index contributed by atoms with van der Waals surface area (Å²) in [5.74, 6) is 1.27. The van der Waals surface area contributed by atoms with Crippen molar-refractivity contribution in [1.29, 1.82) is 0 Å². The molecule has 0 spiro atoms. The quantitative estimate of drug-likeness (QED) is 0.638. The lowest BCUT2D eigenvalue weighted by Gasteiger charge is -2.23. The molecule has 1 amide bonds. The van der Waals surface area contributed by atoms with Crippen molar-refractivity contribution in [3.63, 3.8) is 0 Å². The first-order chi connectivity index (χ1) is 14.8. The van der Waals surface area contributed by atoms with E-state index in [-0.39, 0.29) is 24.9 Å². The first-order valence-electron chi connectivity index (χ1n) is 10.5. The molecule has 1 aliphatic heterocycles. The van der Waals surface area contributed by atoms with E-state index in [4.69, 9.17) is 9.47 Å². The fourth-order valence-corrected chi connectivity index (χ4v) is 4.46. The van der Waals surface area contributed by atoms with Gasteiger partial charge in [-0.25, -0.2) is 8.42 Å². The number of aryl methyl sites for hydroxylation is 1. The number of nitrogens with one attached hydrogen (secondary N) is 1. The first kappa shape index (κ1) is 22.9. The van der Waals surface area contributed by atoms with Crippen molar-refractivity contribution in [2.75, 3.05) is 30.3 Å². The van der Waals surface area contributed by atoms with Crippen molar-refractivity contribution in [2.45, 2.75) is 39.2 Å². The van der Waals surface area contributed by atoms with E-state index >= 15 is 0 Å². The molecular weight excluding hydrogens is 416 g/mol. The monoisotopic (exact) mass is 446 g/mol. The van der Waals surface area contributed by atoms with Crippen molar-refractivity contribution in [2.24, 2.45) is 0 Å². The van der Waals surface area contributed by atoms with Gasteiger partial charge in [-0.05, 0) is 55.2 Å². The van der Waals surface area contributed by atoms with Crippen LogP contribution in [0.4, 0.5) is 5.69 Å². The van der Waals surface area contributed by atoms with Crippen LogP contribution in [-0.4, -0.2) is 40.3 Å². The van der Waals surface area contributed by atoms with Crippen LogP contribution in [0.1, 0.15) is 43.9 Å². The SMILES string of the molecule is CCc1ccc(N(CCCC(=O)N[C@H](C)c2ccc3c(c2)OCCO3)S(C)(=O)=O)cc1. The van der Waals surface area contributed by atoms with Crippen LogP contribution in [0.3, 0.4) is 0 Å². The number of hydrogen-bond acceptors (Lipinski definition) is 5. The maximum atomic E-state index is 12.4. The molecule has 3 rings (SSSR count). The van der Waals surface area contributed by atoms with Crippen LogP contribution in [0.15, 0.2) is 42.5 Å². The zero-order chi connectivity index (χ0) is 22.4. The van der Waals surface area contributed by atoms with E-state index in [0.717, 1.165) is 17.5 Å². The number of nitrogens with zero attached hydrogens (tertiary/aromatic N) is 1. The highest BCUT2D eigenvalue weighted by molar-refractivity contribution is 7.92. The smallest absolute Gasteiger partial charge is 0.232 e. The summed E-state index contributed by atoms with van der Waals surface area (Å²) >= 11 is 0. The van der Waals surface area contributed by atoms with Crippen molar-refractivity contribution in [3.05, 3.63) is 53.6 Å². The summed E-state index contributed by atoms with van der Waals surface area (Å²) in [6.07, 6.45) is 2.72. The van der Waals surface area contributed by atoms with Gasteiger partial charge in [-0.2, -0.15) is 0 Å². The molecular formula is C23H30N2O5S. The normalized spacial score (nSPS) is 14.0. The van der Waals surface area contributed by atoms with E-state index in [1.54, 1.807) is 0 Å². The largest absolute Gasteiger partial charge is 0.486 e. The number of benzene rings is 2. The maximum Gasteiger partial charge on any atom is 0.232 e. The van der Waals surface area contributed by atoms with Gasteiger partial charge < -0.3 is 14.8 Å². The Bertz CT molecular complexity index is 1010. The van der Waals surface area contributed by atoms with Gasteiger partial charge in [0.25, 0.3) is 0 Å². The fourth-order valence-electron chi connectivity index (χ4n) is 3.49. The molecule has 0 aliphatic carbocycles. The summed E-state index contributed by atoms with van der Waals surface area (Å²) in [6.45, 7) is 5.24. The molecule has 0 bridgehead atoms. The molecule has 0 radical (unpaired) electrons. The lowest BCUT2D eigenvalue weighted by Crippen LogP contribution is -2.32. The molecule has 0 unspecified atom stereocenters.